The summed E-state index contributed by atoms with van der Waals surface area (Å²) in [5, 5.41) is 11.8. The molecular weight excluding hydrogens is 450 g/mol. The Morgan fingerprint density at radius 1 is 1.11 bits per heavy atom. The highest BCUT2D eigenvalue weighted by Crippen LogP contribution is 2.80. The summed E-state index contributed by atoms with van der Waals surface area (Å²) in [4.78, 5) is 2.59. The monoisotopic (exact) mass is 487 g/mol. The number of hydrogen-bond acceptors (Lipinski definition) is 5. The van der Waals surface area contributed by atoms with E-state index in [1.54, 1.807) is 7.11 Å². The lowest BCUT2D eigenvalue weighted by Crippen LogP contribution is -2.86. The van der Waals surface area contributed by atoms with Crippen LogP contribution in [0.1, 0.15) is 49.3 Å². The van der Waals surface area contributed by atoms with E-state index in [-0.39, 0.29) is 16.7 Å². The van der Waals surface area contributed by atoms with Crippen molar-refractivity contribution in [1.29, 1.82) is 0 Å². The topological polar surface area (TPSA) is 51.2 Å². The largest absolute Gasteiger partial charge is 0.493 e. The second-order valence-electron chi connectivity index (χ2n) is 11.9. The molecule has 8 rings (SSSR count). The van der Waals surface area contributed by atoms with E-state index in [4.69, 9.17) is 14.2 Å². The molecule has 0 amide bonds. The molecule has 4 aliphatic carbocycles. The molecule has 7 atom stereocenters. The zero-order valence-electron chi connectivity index (χ0n) is 21.8. The fraction of sp³-hybridized carbons (Fsp3) is 0.548. The summed E-state index contributed by atoms with van der Waals surface area (Å²) in [5.74, 6) is 1.67. The first-order valence-corrected chi connectivity index (χ1v) is 13.4. The Kier molecular flexibility index (Phi) is 4.67. The van der Waals surface area contributed by atoms with E-state index in [1.807, 2.05) is 37.5 Å². The summed E-state index contributed by atoms with van der Waals surface area (Å²) in [6.45, 7) is 3.34. The minimum atomic E-state index is -0.627. The highest BCUT2D eigenvalue weighted by molar-refractivity contribution is 5.65. The second-order valence-corrected chi connectivity index (χ2v) is 11.9. The van der Waals surface area contributed by atoms with Gasteiger partial charge in [0.05, 0.1) is 18.6 Å². The maximum atomic E-state index is 11.8. The number of likely N-dealkylation sites (N-methyl/N-ethyl adjacent to an activating group) is 1. The van der Waals surface area contributed by atoms with Crippen molar-refractivity contribution in [3.05, 3.63) is 65.2 Å². The number of nitrogens with zero attached hydrogens (tertiary/aromatic N) is 1. The van der Waals surface area contributed by atoms with Crippen LogP contribution in [0.3, 0.4) is 0 Å². The smallest absolute Gasteiger partial charge is 0.166 e. The number of likely N-dealkylation sites (tertiary alicyclic amines) is 1. The van der Waals surface area contributed by atoms with E-state index in [1.165, 1.54) is 11.1 Å². The molecule has 2 spiro atoms. The minimum Gasteiger partial charge on any atom is -0.493 e. The number of fused-ring (bicyclic) bond motifs is 2. The molecule has 3 saturated carbocycles. The summed E-state index contributed by atoms with van der Waals surface area (Å²) in [6.07, 6.45) is 8.37. The summed E-state index contributed by atoms with van der Waals surface area (Å²) < 4.78 is 19.7. The number of ether oxygens (including phenoxy) is 3. The van der Waals surface area contributed by atoms with Crippen molar-refractivity contribution in [2.75, 3.05) is 27.8 Å². The average Bonchev–Trinajstić information content (AvgIpc) is 3.20. The normalized spacial score (nSPS) is 40.7. The molecule has 0 radical (unpaired) electrons. The number of rotatable bonds is 5. The molecule has 2 aliphatic heterocycles. The molecule has 4 bridgehead atoms. The first-order chi connectivity index (χ1) is 17.4. The van der Waals surface area contributed by atoms with Crippen LogP contribution in [0, 0.1) is 11.3 Å². The Morgan fingerprint density at radius 3 is 2.67 bits per heavy atom. The Morgan fingerprint density at radius 2 is 1.92 bits per heavy atom. The average molecular weight is 488 g/mol. The number of aliphatic hydroxyl groups is 1. The van der Waals surface area contributed by atoms with Crippen LogP contribution in [0.25, 0.3) is 6.08 Å². The lowest BCUT2D eigenvalue weighted by atomic mass is 9.31. The van der Waals surface area contributed by atoms with Gasteiger partial charge in [0.2, 0.25) is 0 Å². The Hall–Kier alpha value is -2.34. The van der Waals surface area contributed by atoms with Crippen LogP contribution in [0.5, 0.6) is 11.5 Å². The van der Waals surface area contributed by atoms with Gasteiger partial charge in [-0.15, -0.1) is 0 Å². The van der Waals surface area contributed by atoms with E-state index in [9.17, 15) is 5.11 Å². The van der Waals surface area contributed by atoms with Crippen molar-refractivity contribution in [3.63, 3.8) is 0 Å². The molecule has 2 aromatic carbocycles. The summed E-state index contributed by atoms with van der Waals surface area (Å²) >= 11 is 0. The molecule has 1 saturated heterocycles. The third kappa shape index (κ3) is 2.34. The van der Waals surface area contributed by atoms with Gasteiger partial charge in [0.1, 0.15) is 11.2 Å². The minimum absolute atomic E-state index is 0.0197. The molecule has 6 aliphatic rings. The van der Waals surface area contributed by atoms with Gasteiger partial charge in [-0.25, -0.2) is 0 Å². The van der Waals surface area contributed by atoms with Gasteiger partial charge in [-0.1, -0.05) is 48.6 Å². The number of piperidine rings is 1. The summed E-state index contributed by atoms with van der Waals surface area (Å²) in [6, 6.07) is 15.0. The van der Waals surface area contributed by atoms with E-state index >= 15 is 0 Å². The van der Waals surface area contributed by atoms with E-state index in [0.717, 1.165) is 55.7 Å². The molecule has 5 heteroatoms. The van der Waals surface area contributed by atoms with E-state index in [2.05, 4.69) is 43.1 Å². The number of hydrogen-bond donors (Lipinski definition) is 1. The Labute approximate surface area is 214 Å². The summed E-state index contributed by atoms with van der Waals surface area (Å²) in [5.41, 5.74) is 2.54. The zero-order chi connectivity index (χ0) is 24.9. The fourth-order valence-corrected chi connectivity index (χ4v) is 9.87. The molecule has 0 unspecified atom stereocenters. The molecule has 190 valence electrons. The lowest BCUT2D eigenvalue weighted by molar-refractivity contribution is -0.323. The van der Waals surface area contributed by atoms with E-state index < -0.39 is 17.3 Å². The molecule has 2 aromatic rings. The van der Waals surface area contributed by atoms with Gasteiger partial charge in [0.25, 0.3) is 0 Å². The number of aliphatic hydroxyl groups excluding tert-OH is 1. The molecule has 0 aromatic heterocycles. The predicted octanol–water partition coefficient (Wildman–Crippen LogP) is 4.60. The van der Waals surface area contributed by atoms with Crippen molar-refractivity contribution in [1.82, 2.24) is 4.90 Å². The van der Waals surface area contributed by atoms with Crippen LogP contribution in [-0.4, -0.2) is 61.2 Å². The van der Waals surface area contributed by atoms with Crippen LogP contribution in [-0.2, 0) is 16.6 Å². The quantitative estimate of drug-likeness (QED) is 0.668. The third-order valence-corrected chi connectivity index (χ3v) is 11.2. The van der Waals surface area contributed by atoms with Crippen molar-refractivity contribution in [2.45, 2.75) is 67.8 Å². The maximum absolute atomic E-state index is 11.8. The predicted molar refractivity (Wildman–Crippen MR) is 139 cm³/mol. The number of methoxy groups -OCH3 is 2. The van der Waals surface area contributed by atoms with Crippen LogP contribution < -0.4 is 9.47 Å². The first-order valence-electron chi connectivity index (χ1n) is 13.4. The van der Waals surface area contributed by atoms with Crippen molar-refractivity contribution < 1.29 is 19.3 Å². The molecule has 5 nitrogen and oxygen atoms in total. The van der Waals surface area contributed by atoms with Gasteiger partial charge >= 0.3 is 0 Å². The van der Waals surface area contributed by atoms with Gasteiger partial charge in [0.15, 0.2) is 11.5 Å². The molecular formula is C31H37NO4. The Bertz CT molecular complexity index is 1240. The summed E-state index contributed by atoms with van der Waals surface area (Å²) in [7, 11) is 5.87. The molecule has 4 fully saturated rings. The second kappa shape index (κ2) is 7.37. The maximum Gasteiger partial charge on any atom is 0.166 e. The fourth-order valence-electron chi connectivity index (χ4n) is 9.87. The van der Waals surface area contributed by atoms with Crippen LogP contribution in [0.15, 0.2) is 48.5 Å². The number of benzene rings is 2. The van der Waals surface area contributed by atoms with Crippen LogP contribution >= 0.6 is 0 Å². The van der Waals surface area contributed by atoms with Crippen LogP contribution in [0.2, 0.25) is 0 Å². The van der Waals surface area contributed by atoms with Gasteiger partial charge in [-0.3, -0.25) is 0 Å². The Balaban J connectivity index is 1.43. The van der Waals surface area contributed by atoms with Gasteiger partial charge in [-0.2, -0.15) is 0 Å². The van der Waals surface area contributed by atoms with Crippen molar-refractivity contribution in [2.24, 2.45) is 11.3 Å². The van der Waals surface area contributed by atoms with Gasteiger partial charge < -0.3 is 24.2 Å². The zero-order valence-corrected chi connectivity index (χ0v) is 21.8. The highest BCUT2D eigenvalue weighted by atomic mass is 16.6. The van der Waals surface area contributed by atoms with Crippen molar-refractivity contribution in [3.8, 4) is 11.5 Å². The van der Waals surface area contributed by atoms with Gasteiger partial charge in [0, 0.05) is 30.0 Å². The third-order valence-electron chi connectivity index (χ3n) is 11.2. The lowest BCUT2D eigenvalue weighted by Gasteiger charge is -2.77. The van der Waals surface area contributed by atoms with Crippen LogP contribution in [0.4, 0.5) is 0 Å². The standard InChI is InChI=1S/C31H37NO4/c1-28-30-16-17-32(2)25(18-21-11-13-24(34-3)27(36-28)26(21)30)29(30)14-15-31(28,35-4)22(19-29)23(33)12-10-20-8-6-5-7-9-20/h5-13,22-23,25,33H,14-19H2,1-4H3/b12-10+/t22-,23-,25-,28-,29-,30+,31-/m1/s1. The van der Waals surface area contributed by atoms with E-state index in [0.29, 0.717) is 6.04 Å². The molecule has 36 heavy (non-hydrogen) atoms. The van der Waals surface area contributed by atoms with Gasteiger partial charge in [-0.05, 0) is 69.8 Å². The van der Waals surface area contributed by atoms with Crippen molar-refractivity contribution >= 4 is 6.08 Å². The highest BCUT2D eigenvalue weighted by Gasteiger charge is 2.85. The SMILES string of the molecule is COc1ccc2c3c1O[C@]1(C)[C@]34CCN(C)[C@H](C2)[C@]42CC[C@@]1(OC)[C@@H]([C@H](O)/C=C/c1ccccc1)C2. The molecule has 2 heterocycles. The first kappa shape index (κ1) is 22.8. The molecule has 1 N–H and O–H groups in total.